The summed E-state index contributed by atoms with van der Waals surface area (Å²) >= 11 is 0. The van der Waals surface area contributed by atoms with Crippen LogP contribution in [-0.2, 0) is 11.3 Å². The van der Waals surface area contributed by atoms with Gasteiger partial charge in [-0.1, -0.05) is 44.5 Å². The minimum Gasteiger partial charge on any atom is -0.377 e. The lowest BCUT2D eigenvalue weighted by molar-refractivity contribution is 0.118. The predicted octanol–water partition coefficient (Wildman–Crippen LogP) is 3.07. The second-order valence-electron chi connectivity index (χ2n) is 4.28. The summed E-state index contributed by atoms with van der Waals surface area (Å²) in [5, 5.41) is 0. The Kier molecular flexibility index (Phi) is 6.12. The molecule has 0 radical (unpaired) electrons. The Balaban J connectivity index is 2.39. The number of hydrogen-bond donors (Lipinski definition) is 1. The molecule has 0 amide bonds. The van der Waals surface area contributed by atoms with Crippen molar-refractivity contribution in [1.29, 1.82) is 0 Å². The zero-order chi connectivity index (χ0) is 11.8. The second-order valence-corrected chi connectivity index (χ2v) is 4.28. The molecule has 1 aromatic rings. The van der Waals surface area contributed by atoms with Crippen molar-refractivity contribution in [1.82, 2.24) is 0 Å². The number of hydrogen-bond acceptors (Lipinski definition) is 2. The monoisotopic (exact) mass is 221 g/mol. The van der Waals surface area contributed by atoms with Gasteiger partial charge in [0.05, 0.1) is 6.61 Å². The Labute approximate surface area is 98.8 Å². The van der Waals surface area contributed by atoms with Gasteiger partial charge >= 0.3 is 0 Å². The van der Waals surface area contributed by atoms with Gasteiger partial charge in [-0.05, 0) is 30.0 Å². The molecule has 0 aromatic heterocycles. The molecule has 2 heteroatoms. The molecular weight excluding hydrogens is 198 g/mol. The largest absolute Gasteiger partial charge is 0.377 e. The highest BCUT2D eigenvalue weighted by molar-refractivity contribution is 5.24. The lowest BCUT2D eigenvalue weighted by Gasteiger charge is -2.09. The second kappa shape index (κ2) is 7.42. The molecule has 0 aliphatic heterocycles. The molecule has 2 nitrogen and oxygen atoms in total. The topological polar surface area (TPSA) is 35.2 Å². The highest BCUT2D eigenvalue weighted by Crippen LogP contribution is 2.14. The molecule has 90 valence electrons. The average Bonchev–Trinajstić information content (AvgIpc) is 2.34. The molecule has 0 bridgehead atoms. The molecule has 0 fully saturated rings. The van der Waals surface area contributed by atoms with Crippen LogP contribution in [0.3, 0.4) is 0 Å². The molecule has 0 spiro atoms. The van der Waals surface area contributed by atoms with Crippen LogP contribution in [0.15, 0.2) is 24.3 Å². The summed E-state index contributed by atoms with van der Waals surface area (Å²) < 4.78 is 5.56. The Morgan fingerprint density at radius 3 is 2.50 bits per heavy atom. The molecule has 16 heavy (non-hydrogen) atoms. The van der Waals surface area contributed by atoms with Crippen LogP contribution in [0, 0.1) is 0 Å². The molecule has 1 unspecified atom stereocenters. The minimum absolute atomic E-state index is 0.440. The highest BCUT2D eigenvalue weighted by atomic mass is 16.5. The molecule has 0 aliphatic carbocycles. The van der Waals surface area contributed by atoms with Gasteiger partial charge in [0.2, 0.25) is 0 Å². The Bertz CT molecular complexity index is 281. The van der Waals surface area contributed by atoms with Crippen molar-refractivity contribution in [2.75, 3.05) is 13.2 Å². The average molecular weight is 221 g/mol. The quantitative estimate of drug-likeness (QED) is 0.718. The van der Waals surface area contributed by atoms with E-state index in [4.69, 9.17) is 10.5 Å². The van der Waals surface area contributed by atoms with E-state index in [0.717, 1.165) is 19.6 Å². The number of rotatable bonds is 7. The number of benzene rings is 1. The summed E-state index contributed by atoms with van der Waals surface area (Å²) in [5.41, 5.74) is 8.18. The minimum atomic E-state index is 0.440. The maximum atomic E-state index is 5.63. The van der Waals surface area contributed by atoms with E-state index < -0.39 is 0 Å². The maximum Gasteiger partial charge on any atom is 0.0716 e. The number of ether oxygens (including phenoxy) is 1. The van der Waals surface area contributed by atoms with E-state index in [1.165, 1.54) is 17.5 Å². The van der Waals surface area contributed by atoms with Crippen LogP contribution in [0.1, 0.15) is 43.7 Å². The Hall–Kier alpha value is -0.860. The van der Waals surface area contributed by atoms with Gasteiger partial charge in [0.15, 0.2) is 0 Å². The van der Waals surface area contributed by atoms with Crippen molar-refractivity contribution >= 4 is 0 Å². The SMILES string of the molecule is CCCCOCc1ccc(C(C)CN)cc1. The first-order valence-corrected chi connectivity index (χ1v) is 6.14. The third-order valence-electron chi connectivity index (χ3n) is 2.81. The molecule has 0 heterocycles. The van der Waals surface area contributed by atoms with E-state index in [9.17, 15) is 0 Å². The molecule has 1 rings (SSSR count). The molecule has 2 N–H and O–H groups in total. The standard InChI is InChI=1S/C14H23NO/c1-3-4-9-16-11-13-5-7-14(8-6-13)12(2)10-15/h5-8,12H,3-4,9-11,15H2,1-2H3. The molecule has 1 aromatic carbocycles. The summed E-state index contributed by atoms with van der Waals surface area (Å²) in [6, 6.07) is 8.56. The lowest BCUT2D eigenvalue weighted by atomic mass is 10.0. The van der Waals surface area contributed by atoms with Crippen LogP contribution in [0.2, 0.25) is 0 Å². The van der Waals surface area contributed by atoms with Crippen molar-refractivity contribution in [3.63, 3.8) is 0 Å². The third-order valence-corrected chi connectivity index (χ3v) is 2.81. The number of unbranched alkanes of at least 4 members (excludes halogenated alkanes) is 1. The summed E-state index contributed by atoms with van der Waals surface area (Å²) in [5.74, 6) is 0.440. The van der Waals surface area contributed by atoms with Gasteiger partial charge in [-0.3, -0.25) is 0 Å². The van der Waals surface area contributed by atoms with E-state index in [1.54, 1.807) is 0 Å². The van der Waals surface area contributed by atoms with Crippen LogP contribution in [0.25, 0.3) is 0 Å². The van der Waals surface area contributed by atoms with Crippen LogP contribution < -0.4 is 5.73 Å². The summed E-state index contributed by atoms with van der Waals surface area (Å²) in [6.07, 6.45) is 2.33. The van der Waals surface area contributed by atoms with E-state index in [0.29, 0.717) is 12.5 Å². The summed E-state index contributed by atoms with van der Waals surface area (Å²) in [4.78, 5) is 0. The van der Waals surface area contributed by atoms with Crippen LogP contribution in [-0.4, -0.2) is 13.2 Å². The fourth-order valence-corrected chi connectivity index (χ4v) is 1.51. The van der Waals surface area contributed by atoms with Gasteiger partial charge in [-0.15, -0.1) is 0 Å². The zero-order valence-corrected chi connectivity index (χ0v) is 10.4. The fourth-order valence-electron chi connectivity index (χ4n) is 1.51. The van der Waals surface area contributed by atoms with Crippen molar-refractivity contribution in [3.8, 4) is 0 Å². The van der Waals surface area contributed by atoms with Gasteiger partial charge < -0.3 is 10.5 Å². The van der Waals surface area contributed by atoms with Gasteiger partial charge in [0.1, 0.15) is 0 Å². The predicted molar refractivity (Wildman–Crippen MR) is 68.5 cm³/mol. The first-order chi connectivity index (χ1) is 7.77. The first-order valence-electron chi connectivity index (χ1n) is 6.14. The molecule has 0 saturated heterocycles. The molecule has 0 saturated carbocycles. The van der Waals surface area contributed by atoms with Gasteiger partial charge in [0, 0.05) is 6.61 Å². The van der Waals surface area contributed by atoms with E-state index in [-0.39, 0.29) is 0 Å². The summed E-state index contributed by atoms with van der Waals surface area (Å²) in [6.45, 7) is 6.60. The summed E-state index contributed by atoms with van der Waals surface area (Å²) in [7, 11) is 0. The molecular formula is C14H23NO. The van der Waals surface area contributed by atoms with E-state index in [1.807, 2.05) is 0 Å². The van der Waals surface area contributed by atoms with Gasteiger partial charge in [-0.2, -0.15) is 0 Å². The molecule has 0 aliphatic rings. The van der Waals surface area contributed by atoms with Crippen LogP contribution in [0.4, 0.5) is 0 Å². The van der Waals surface area contributed by atoms with Crippen molar-refractivity contribution in [2.24, 2.45) is 5.73 Å². The van der Waals surface area contributed by atoms with E-state index in [2.05, 4.69) is 38.1 Å². The van der Waals surface area contributed by atoms with Crippen LogP contribution >= 0.6 is 0 Å². The number of nitrogens with two attached hydrogens (primary N) is 1. The highest BCUT2D eigenvalue weighted by Gasteiger charge is 2.02. The first kappa shape index (κ1) is 13.2. The Morgan fingerprint density at radius 2 is 1.94 bits per heavy atom. The van der Waals surface area contributed by atoms with Crippen molar-refractivity contribution in [3.05, 3.63) is 35.4 Å². The smallest absolute Gasteiger partial charge is 0.0716 e. The van der Waals surface area contributed by atoms with Gasteiger partial charge in [0.25, 0.3) is 0 Å². The zero-order valence-electron chi connectivity index (χ0n) is 10.4. The molecule has 1 atom stereocenters. The third kappa shape index (κ3) is 4.33. The van der Waals surface area contributed by atoms with Gasteiger partial charge in [-0.25, -0.2) is 0 Å². The van der Waals surface area contributed by atoms with Crippen LogP contribution in [0.5, 0.6) is 0 Å². The van der Waals surface area contributed by atoms with E-state index >= 15 is 0 Å². The maximum absolute atomic E-state index is 5.63. The lowest BCUT2D eigenvalue weighted by Crippen LogP contribution is -2.08. The Morgan fingerprint density at radius 1 is 1.25 bits per heavy atom. The fraction of sp³-hybridized carbons (Fsp3) is 0.571. The van der Waals surface area contributed by atoms with Crippen molar-refractivity contribution < 1.29 is 4.74 Å². The normalized spacial score (nSPS) is 12.7. The van der Waals surface area contributed by atoms with Crippen molar-refractivity contribution in [2.45, 2.75) is 39.2 Å².